The van der Waals surface area contributed by atoms with Crippen LogP contribution in [0, 0.1) is 0 Å². The first-order valence-corrected chi connectivity index (χ1v) is 7.21. The Morgan fingerprint density at radius 2 is 1.65 bits per heavy atom. The van der Waals surface area contributed by atoms with Crippen LogP contribution in [0.15, 0.2) is 88.1 Å². The van der Waals surface area contributed by atoms with Crippen LogP contribution < -0.4 is 5.63 Å². The lowest BCUT2D eigenvalue weighted by atomic mass is 10.1. The van der Waals surface area contributed by atoms with E-state index >= 15 is 0 Å². The molecule has 0 atom stereocenters. The zero-order valence-electron chi connectivity index (χ0n) is 12.3. The van der Waals surface area contributed by atoms with Gasteiger partial charge in [-0.15, -0.1) is 0 Å². The van der Waals surface area contributed by atoms with Crippen LogP contribution in [-0.4, -0.2) is 5.78 Å². The van der Waals surface area contributed by atoms with Crippen molar-refractivity contribution in [1.29, 1.82) is 0 Å². The highest BCUT2D eigenvalue weighted by Crippen LogP contribution is 2.13. The average molecular weight is 302 g/mol. The zero-order valence-corrected chi connectivity index (χ0v) is 12.3. The Bertz CT molecular complexity index is 947. The first kappa shape index (κ1) is 14.7. The van der Waals surface area contributed by atoms with Gasteiger partial charge < -0.3 is 4.42 Å². The highest BCUT2D eigenvalue weighted by atomic mass is 16.4. The highest BCUT2D eigenvalue weighted by molar-refractivity contribution is 6.05. The Morgan fingerprint density at radius 1 is 0.913 bits per heavy atom. The first-order valence-electron chi connectivity index (χ1n) is 7.21. The molecule has 3 rings (SSSR count). The van der Waals surface area contributed by atoms with E-state index in [4.69, 9.17) is 4.42 Å². The number of hydrogen-bond donors (Lipinski definition) is 0. The molecule has 0 spiro atoms. The Kier molecular flexibility index (Phi) is 4.29. The van der Waals surface area contributed by atoms with Gasteiger partial charge >= 0.3 is 5.63 Å². The van der Waals surface area contributed by atoms with E-state index in [0.717, 1.165) is 10.9 Å². The predicted molar refractivity (Wildman–Crippen MR) is 91.4 cm³/mol. The van der Waals surface area contributed by atoms with Crippen LogP contribution in [0.3, 0.4) is 0 Å². The van der Waals surface area contributed by atoms with Gasteiger partial charge in [0, 0.05) is 5.39 Å². The summed E-state index contributed by atoms with van der Waals surface area (Å²) < 4.78 is 5.16. The second-order valence-corrected chi connectivity index (χ2v) is 4.98. The van der Waals surface area contributed by atoms with Crippen LogP contribution in [-0.2, 0) is 0 Å². The van der Waals surface area contributed by atoms with Crippen molar-refractivity contribution in [3.05, 3.63) is 100 Å². The van der Waals surface area contributed by atoms with Gasteiger partial charge in [-0.25, -0.2) is 4.79 Å². The van der Waals surface area contributed by atoms with Gasteiger partial charge in [0.2, 0.25) is 0 Å². The Balaban J connectivity index is 1.80. The number of hydrogen-bond acceptors (Lipinski definition) is 3. The molecule has 0 bridgehead atoms. The topological polar surface area (TPSA) is 47.3 Å². The molecule has 112 valence electrons. The monoisotopic (exact) mass is 302 g/mol. The molecule has 0 fully saturated rings. The van der Waals surface area contributed by atoms with E-state index in [-0.39, 0.29) is 11.3 Å². The maximum Gasteiger partial charge on any atom is 0.347 e. The van der Waals surface area contributed by atoms with Gasteiger partial charge in [0.1, 0.15) is 11.1 Å². The van der Waals surface area contributed by atoms with Crippen molar-refractivity contribution >= 4 is 22.8 Å². The van der Waals surface area contributed by atoms with Crippen LogP contribution in [0.1, 0.15) is 15.9 Å². The van der Waals surface area contributed by atoms with Crippen molar-refractivity contribution in [2.24, 2.45) is 0 Å². The third kappa shape index (κ3) is 3.52. The van der Waals surface area contributed by atoms with Crippen molar-refractivity contribution in [3.63, 3.8) is 0 Å². The van der Waals surface area contributed by atoms with E-state index in [1.165, 1.54) is 6.08 Å². The summed E-state index contributed by atoms with van der Waals surface area (Å²) in [5.74, 6) is -0.373. The lowest BCUT2D eigenvalue weighted by Crippen LogP contribution is -2.11. The number of allylic oxidation sites excluding steroid dienone is 3. The van der Waals surface area contributed by atoms with Crippen LogP contribution in [0.25, 0.3) is 17.0 Å². The number of rotatable bonds is 4. The number of carbonyl (C=O) groups excluding carboxylic acids is 1. The molecule has 3 aromatic rings. The van der Waals surface area contributed by atoms with E-state index in [0.29, 0.717) is 5.58 Å². The van der Waals surface area contributed by atoms with Gasteiger partial charge in [-0.2, -0.15) is 0 Å². The summed E-state index contributed by atoms with van der Waals surface area (Å²) in [7, 11) is 0. The molecule has 0 aliphatic rings. The molecule has 1 aromatic heterocycles. The quantitative estimate of drug-likeness (QED) is 0.313. The molecule has 0 saturated carbocycles. The molecule has 0 amide bonds. The Hall–Kier alpha value is -3.20. The molecular weight excluding hydrogens is 288 g/mol. The third-order valence-electron chi connectivity index (χ3n) is 3.35. The molecule has 0 saturated heterocycles. The Morgan fingerprint density at radius 3 is 2.48 bits per heavy atom. The minimum atomic E-state index is -0.620. The van der Waals surface area contributed by atoms with Gasteiger partial charge in [0.05, 0.1) is 0 Å². The smallest absolute Gasteiger partial charge is 0.347 e. The summed E-state index contributed by atoms with van der Waals surface area (Å²) in [4.78, 5) is 24.0. The fourth-order valence-electron chi connectivity index (χ4n) is 2.20. The third-order valence-corrected chi connectivity index (χ3v) is 3.35. The summed E-state index contributed by atoms with van der Waals surface area (Å²) in [5.41, 5.74) is 0.926. The maximum absolute atomic E-state index is 12.1. The minimum Gasteiger partial charge on any atom is -0.422 e. The standard InChI is InChI=1S/C20H14O3/c21-18(12-6-4-10-15-8-2-1-3-9-15)17-14-16-11-5-7-13-19(16)23-20(17)22/h1-14H/b10-4+,12-6+. The summed E-state index contributed by atoms with van der Waals surface area (Å²) in [5, 5.41) is 0.726. The fraction of sp³-hybridized carbons (Fsp3) is 0. The van der Waals surface area contributed by atoms with Crippen LogP contribution in [0.5, 0.6) is 0 Å². The van der Waals surface area contributed by atoms with Crippen LogP contribution in [0.2, 0.25) is 0 Å². The maximum atomic E-state index is 12.1. The highest BCUT2D eigenvalue weighted by Gasteiger charge is 2.10. The van der Waals surface area contributed by atoms with E-state index in [1.807, 2.05) is 42.5 Å². The fourth-order valence-corrected chi connectivity index (χ4v) is 2.20. The summed E-state index contributed by atoms with van der Waals surface area (Å²) in [6, 6.07) is 18.4. The summed E-state index contributed by atoms with van der Waals surface area (Å²) in [6.45, 7) is 0. The van der Waals surface area contributed by atoms with Crippen molar-refractivity contribution < 1.29 is 9.21 Å². The molecule has 23 heavy (non-hydrogen) atoms. The molecule has 2 aromatic carbocycles. The molecule has 3 nitrogen and oxygen atoms in total. The summed E-state index contributed by atoms with van der Waals surface area (Å²) in [6.07, 6.45) is 6.62. The lowest BCUT2D eigenvalue weighted by Gasteiger charge is -1.98. The van der Waals surface area contributed by atoms with Crippen molar-refractivity contribution in [3.8, 4) is 0 Å². The van der Waals surface area contributed by atoms with E-state index in [2.05, 4.69) is 0 Å². The molecule has 0 aliphatic heterocycles. The summed E-state index contributed by atoms with van der Waals surface area (Å²) >= 11 is 0. The molecule has 3 heteroatoms. The van der Waals surface area contributed by atoms with Gasteiger partial charge in [-0.05, 0) is 23.8 Å². The molecule has 1 heterocycles. The lowest BCUT2D eigenvalue weighted by molar-refractivity contribution is 0.104. The first-order chi connectivity index (χ1) is 11.2. The van der Waals surface area contributed by atoms with E-state index < -0.39 is 5.63 Å². The molecule has 0 unspecified atom stereocenters. The predicted octanol–water partition coefficient (Wildman–Crippen LogP) is 4.25. The molecule has 0 aliphatic carbocycles. The largest absolute Gasteiger partial charge is 0.422 e. The number of fused-ring (bicyclic) bond motifs is 1. The Labute approximate surface area is 133 Å². The van der Waals surface area contributed by atoms with Gasteiger partial charge in [-0.3, -0.25) is 4.79 Å². The number of ketones is 1. The van der Waals surface area contributed by atoms with E-state index in [1.54, 1.807) is 36.4 Å². The molecule has 0 N–H and O–H groups in total. The average Bonchev–Trinajstić information content (AvgIpc) is 2.59. The molecular formula is C20H14O3. The van der Waals surface area contributed by atoms with Crippen LogP contribution in [0.4, 0.5) is 0 Å². The van der Waals surface area contributed by atoms with Crippen molar-refractivity contribution in [2.45, 2.75) is 0 Å². The molecule has 0 radical (unpaired) electrons. The number of carbonyl (C=O) groups is 1. The van der Waals surface area contributed by atoms with Crippen LogP contribution >= 0.6 is 0 Å². The number of benzene rings is 2. The number of para-hydroxylation sites is 1. The second-order valence-electron chi connectivity index (χ2n) is 4.98. The zero-order chi connectivity index (χ0) is 16.1. The van der Waals surface area contributed by atoms with Crippen molar-refractivity contribution in [2.75, 3.05) is 0 Å². The van der Waals surface area contributed by atoms with Gasteiger partial charge in [0.15, 0.2) is 5.78 Å². The second kappa shape index (κ2) is 6.71. The normalized spacial score (nSPS) is 11.5. The van der Waals surface area contributed by atoms with E-state index in [9.17, 15) is 9.59 Å². The van der Waals surface area contributed by atoms with Crippen molar-refractivity contribution in [1.82, 2.24) is 0 Å². The SMILES string of the molecule is O=C(/C=C/C=C/c1ccccc1)c1cc2ccccc2oc1=O. The van der Waals surface area contributed by atoms with Gasteiger partial charge in [0.25, 0.3) is 0 Å². The minimum absolute atomic E-state index is 0.0352. The van der Waals surface area contributed by atoms with Gasteiger partial charge in [-0.1, -0.05) is 66.8 Å².